The van der Waals surface area contributed by atoms with Gasteiger partial charge in [0.25, 0.3) is 5.89 Å². The number of fused-ring (bicyclic) bond motifs is 1. The van der Waals surface area contributed by atoms with Crippen molar-refractivity contribution in [3.05, 3.63) is 41.7 Å². The number of hydrogen-bond donors (Lipinski definition) is 0. The quantitative estimate of drug-likeness (QED) is 0.615. The number of nitrogens with zero attached hydrogens (tertiary/aromatic N) is 2. The van der Waals surface area contributed by atoms with Crippen LogP contribution in [0.4, 0.5) is 0 Å². The molecule has 0 unspecified atom stereocenters. The molecule has 0 aliphatic heterocycles. The van der Waals surface area contributed by atoms with Crippen LogP contribution in [0.3, 0.4) is 0 Å². The van der Waals surface area contributed by atoms with E-state index in [1.807, 2.05) is 19.1 Å². The lowest BCUT2D eigenvalue weighted by molar-refractivity contribution is -0.144. The number of carbonyl (C=O) groups excluding carboxylic acids is 1. The summed E-state index contributed by atoms with van der Waals surface area (Å²) in [4.78, 5) is 16.2. The maximum Gasteiger partial charge on any atom is 0.310 e. The van der Waals surface area contributed by atoms with Crippen LogP contribution in [0, 0.1) is 0 Å². The fourth-order valence-corrected chi connectivity index (χ4v) is 2.35. The standard InChI is InChI=1S/C17H18N2O5/c1-3-4-15-18-16(24-19-15)10-23-17(20)7-11-9-22-14-8-12(21-2)5-6-13(11)14/h5-6,8-9H,3-4,7,10H2,1-2H3. The van der Waals surface area contributed by atoms with Crippen molar-refractivity contribution >= 4 is 16.9 Å². The molecule has 0 bridgehead atoms. The summed E-state index contributed by atoms with van der Waals surface area (Å²) in [5.41, 5.74) is 1.42. The Bertz CT molecular complexity index is 836. The Hall–Kier alpha value is -2.83. The van der Waals surface area contributed by atoms with Crippen LogP contribution in [-0.4, -0.2) is 23.2 Å². The molecule has 7 nitrogen and oxygen atoms in total. The van der Waals surface area contributed by atoms with Crippen LogP contribution >= 0.6 is 0 Å². The van der Waals surface area contributed by atoms with E-state index in [9.17, 15) is 4.79 Å². The topological polar surface area (TPSA) is 87.6 Å². The smallest absolute Gasteiger partial charge is 0.310 e. The molecule has 0 aliphatic carbocycles. The molecule has 3 aromatic rings. The third kappa shape index (κ3) is 3.56. The molecule has 0 N–H and O–H groups in total. The monoisotopic (exact) mass is 330 g/mol. The number of benzene rings is 1. The van der Waals surface area contributed by atoms with Crippen LogP contribution in [0.25, 0.3) is 11.0 Å². The molecule has 7 heteroatoms. The highest BCUT2D eigenvalue weighted by molar-refractivity contribution is 5.86. The number of furan rings is 1. The minimum atomic E-state index is -0.385. The Morgan fingerprint density at radius 3 is 3.00 bits per heavy atom. The fourth-order valence-electron chi connectivity index (χ4n) is 2.35. The number of rotatable bonds is 7. The molecule has 0 spiro atoms. The van der Waals surface area contributed by atoms with Gasteiger partial charge in [-0.05, 0) is 18.6 Å². The number of ether oxygens (including phenoxy) is 2. The van der Waals surface area contributed by atoms with E-state index in [1.165, 1.54) is 0 Å². The summed E-state index contributed by atoms with van der Waals surface area (Å²) in [6.45, 7) is 2.00. The number of hydrogen-bond acceptors (Lipinski definition) is 7. The van der Waals surface area contributed by atoms with Gasteiger partial charge in [0.05, 0.1) is 19.8 Å². The van der Waals surface area contributed by atoms with Crippen molar-refractivity contribution in [1.29, 1.82) is 0 Å². The molecule has 126 valence electrons. The zero-order valence-electron chi connectivity index (χ0n) is 13.6. The lowest BCUT2D eigenvalue weighted by Crippen LogP contribution is -2.08. The normalized spacial score (nSPS) is 10.9. The van der Waals surface area contributed by atoms with Crippen molar-refractivity contribution in [2.75, 3.05) is 7.11 Å². The first kappa shape index (κ1) is 16.0. The van der Waals surface area contributed by atoms with Gasteiger partial charge in [0, 0.05) is 23.4 Å². The summed E-state index contributed by atoms with van der Waals surface area (Å²) in [7, 11) is 1.59. The highest BCUT2D eigenvalue weighted by Crippen LogP contribution is 2.26. The fraction of sp³-hybridized carbons (Fsp3) is 0.353. The summed E-state index contributed by atoms with van der Waals surface area (Å²) in [6.07, 6.45) is 3.33. The van der Waals surface area contributed by atoms with E-state index in [2.05, 4.69) is 10.1 Å². The Morgan fingerprint density at radius 2 is 2.21 bits per heavy atom. The molecule has 2 heterocycles. The van der Waals surface area contributed by atoms with Crippen LogP contribution in [0.1, 0.15) is 30.6 Å². The molecule has 2 aromatic heterocycles. The molecule has 0 amide bonds. The molecular weight excluding hydrogens is 312 g/mol. The lowest BCUT2D eigenvalue weighted by atomic mass is 10.1. The average Bonchev–Trinajstić information content (AvgIpc) is 3.20. The van der Waals surface area contributed by atoms with Crippen molar-refractivity contribution in [2.45, 2.75) is 32.8 Å². The van der Waals surface area contributed by atoms with E-state index in [4.69, 9.17) is 18.4 Å². The molecule has 0 saturated carbocycles. The summed E-state index contributed by atoms with van der Waals surface area (Å²) < 4.78 is 20.8. The number of aryl methyl sites for hydroxylation is 1. The number of aromatic nitrogens is 2. The highest BCUT2D eigenvalue weighted by atomic mass is 16.6. The second-order valence-electron chi connectivity index (χ2n) is 5.31. The van der Waals surface area contributed by atoms with E-state index in [0.717, 1.165) is 23.8 Å². The van der Waals surface area contributed by atoms with Gasteiger partial charge in [-0.1, -0.05) is 12.1 Å². The zero-order valence-corrected chi connectivity index (χ0v) is 13.6. The van der Waals surface area contributed by atoms with Crippen LogP contribution in [0.2, 0.25) is 0 Å². The second-order valence-corrected chi connectivity index (χ2v) is 5.31. The minimum Gasteiger partial charge on any atom is -0.497 e. The van der Waals surface area contributed by atoms with Gasteiger partial charge in [0.2, 0.25) is 0 Å². The first-order valence-electron chi connectivity index (χ1n) is 7.70. The van der Waals surface area contributed by atoms with E-state index in [0.29, 0.717) is 23.0 Å². The Kier molecular flexibility index (Phi) is 4.79. The van der Waals surface area contributed by atoms with Crippen molar-refractivity contribution < 1.29 is 23.2 Å². The average molecular weight is 330 g/mol. The predicted octanol–water partition coefficient (Wildman–Crippen LogP) is 3.06. The van der Waals surface area contributed by atoms with Gasteiger partial charge >= 0.3 is 5.97 Å². The highest BCUT2D eigenvalue weighted by Gasteiger charge is 2.14. The molecule has 0 aliphatic rings. The summed E-state index contributed by atoms with van der Waals surface area (Å²) >= 11 is 0. The van der Waals surface area contributed by atoms with Gasteiger partial charge in [0.1, 0.15) is 11.3 Å². The second kappa shape index (κ2) is 7.16. The Morgan fingerprint density at radius 1 is 1.33 bits per heavy atom. The van der Waals surface area contributed by atoms with E-state index < -0.39 is 0 Å². The lowest BCUT2D eigenvalue weighted by Gasteiger charge is -2.01. The molecule has 24 heavy (non-hydrogen) atoms. The summed E-state index contributed by atoms with van der Waals surface area (Å²) in [6, 6.07) is 5.45. The van der Waals surface area contributed by atoms with Gasteiger partial charge in [0.15, 0.2) is 12.4 Å². The molecule has 0 atom stereocenters. The number of carbonyl (C=O) groups is 1. The van der Waals surface area contributed by atoms with Crippen molar-refractivity contribution in [1.82, 2.24) is 10.1 Å². The van der Waals surface area contributed by atoms with Gasteiger partial charge in [-0.25, -0.2) is 0 Å². The van der Waals surface area contributed by atoms with E-state index in [-0.39, 0.29) is 19.0 Å². The molecule has 0 fully saturated rings. The molecular formula is C17H18N2O5. The first-order valence-corrected chi connectivity index (χ1v) is 7.70. The molecule has 3 rings (SSSR count). The Balaban J connectivity index is 1.60. The Labute approximate surface area is 138 Å². The number of methoxy groups -OCH3 is 1. The van der Waals surface area contributed by atoms with Crippen molar-refractivity contribution in [3.8, 4) is 5.75 Å². The van der Waals surface area contributed by atoms with Crippen LogP contribution in [-0.2, 0) is 29.0 Å². The van der Waals surface area contributed by atoms with Crippen molar-refractivity contribution in [3.63, 3.8) is 0 Å². The maximum absolute atomic E-state index is 12.0. The third-order valence-corrected chi connectivity index (χ3v) is 3.54. The van der Waals surface area contributed by atoms with Crippen LogP contribution < -0.4 is 4.74 Å². The van der Waals surface area contributed by atoms with Gasteiger partial charge in [-0.3, -0.25) is 4.79 Å². The third-order valence-electron chi connectivity index (χ3n) is 3.54. The van der Waals surface area contributed by atoms with Crippen LogP contribution in [0.15, 0.2) is 33.4 Å². The number of esters is 1. The molecule has 1 aromatic carbocycles. The SMILES string of the molecule is CCCc1noc(COC(=O)Cc2coc3cc(OC)ccc23)n1. The summed E-state index contributed by atoms with van der Waals surface area (Å²) in [5, 5.41) is 4.67. The van der Waals surface area contributed by atoms with E-state index >= 15 is 0 Å². The van der Waals surface area contributed by atoms with Gasteiger partial charge < -0.3 is 18.4 Å². The minimum absolute atomic E-state index is 0.0286. The zero-order chi connectivity index (χ0) is 16.9. The largest absolute Gasteiger partial charge is 0.497 e. The maximum atomic E-state index is 12.0. The van der Waals surface area contributed by atoms with Gasteiger partial charge in [-0.2, -0.15) is 4.98 Å². The predicted molar refractivity (Wildman–Crippen MR) is 84.6 cm³/mol. The molecule has 0 radical (unpaired) electrons. The van der Waals surface area contributed by atoms with Crippen molar-refractivity contribution in [2.24, 2.45) is 0 Å². The van der Waals surface area contributed by atoms with Gasteiger partial charge in [-0.15, -0.1) is 0 Å². The van der Waals surface area contributed by atoms with E-state index in [1.54, 1.807) is 19.4 Å². The summed E-state index contributed by atoms with van der Waals surface area (Å²) in [5.74, 6) is 1.24. The first-order chi connectivity index (χ1) is 11.7. The molecule has 0 saturated heterocycles. The van der Waals surface area contributed by atoms with Crippen LogP contribution in [0.5, 0.6) is 5.75 Å².